The first-order valence-corrected chi connectivity index (χ1v) is 9.98. The Morgan fingerprint density at radius 2 is 1.85 bits per heavy atom. The van der Waals surface area contributed by atoms with Crippen molar-refractivity contribution in [3.63, 3.8) is 0 Å². The molecule has 1 heterocycles. The van der Waals surface area contributed by atoms with Crippen molar-refractivity contribution in [3.8, 4) is 0 Å². The maximum absolute atomic E-state index is 12.6. The van der Waals surface area contributed by atoms with Gasteiger partial charge in [0.2, 0.25) is 5.91 Å². The standard InChI is InChI=1S/C21H33N3O2/c1-17-5-7-18(8-6-17)19(22)20(25)23-15-21(9-3-2-4-10-21)16-24-11-13-26-14-12-24/h5-8,19H,2-4,9-16,22H2,1H3,(H,23,25). The number of hydrogen-bond donors (Lipinski definition) is 2. The van der Waals surface area contributed by atoms with Crippen molar-refractivity contribution in [1.29, 1.82) is 0 Å². The molecule has 0 aromatic heterocycles. The molecule has 0 radical (unpaired) electrons. The summed E-state index contributed by atoms with van der Waals surface area (Å²) in [6, 6.07) is 7.31. The summed E-state index contributed by atoms with van der Waals surface area (Å²) in [7, 11) is 0. The van der Waals surface area contributed by atoms with E-state index >= 15 is 0 Å². The average Bonchev–Trinajstić information content (AvgIpc) is 2.68. The third kappa shape index (κ3) is 5.06. The van der Waals surface area contributed by atoms with Crippen LogP contribution >= 0.6 is 0 Å². The van der Waals surface area contributed by atoms with Crippen molar-refractivity contribution in [3.05, 3.63) is 35.4 Å². The van der Waals surface area contributed by atoms with Crippen LogP contribution in [0.5, 0.6) is 0 Å². The fourth-order valence-electron chi connectivity index (χ4n) is 4.24. The molecule has 1 saturated carbocycles. The molecule has 1 aliphatic heterocycles. The van der Waals surface area contributed by atoms with Crippen LogP contribution in [0.15, 0.2) is 24.3 Å². The van der Waals surface area contributed by atoms with Gasteiger partial charge in [0.1, 0.15) is 6.04 Å². The summed E-state index contributed by atoms with van der Waals surface area (Å²) in [6.07, 6.45) is 6.19. The molecule has 1 unspecified atom stereocenters. The first-order chi connectivity index (χ1) is 12.6. The summed E-state index contributed by atoms with van der Waals surface area (Å²) >= 11 is 0. The van der Waals surface area contributed by atoms with E-state index in [0.717, 1.165) is 45.0 Å². The Balaban J connectivity index is 1.59. The zero-order valence-corrected chi connectivity index (χ0v) is 16.0. The summed E-state index contributed by atoms with van der Waals surface area (Å²) in [5, 5.41) is 3.17. The number of benzene rings is 1. The van der Waals surface area contributed by atoms with E-state index in [1.54, 1.807) is 0 Å². The molecule has 1 aromatic carbocycles. The van der Waals surface area contributed by atoms with Crippen LogP contribution in [-0.4, -0.2) is 50.2 Å². The van der Waals surface area contributed by atoms with Crippen LogP contribution in [0.3, 0.4) is 0 Å². The molecule has 26 heavy (non-hydrogen) atoms. The number of amides is 1. The summed E-state index contributed by atoms with van der Waals surface area (Å²) in [4.78, 5) is 15.1. The second kappa shape index (κ2) is 8.98. The molecule has 5 heteroatoms. The van der Waals surface area contributed by atoms with Crippen molar-refractivity contribution in [2.75, 3.05) is 39.4 Å². The smallest absolute Gasteiger partial charge is 0.241 e. The van der Waals surface area contributed by atoms with Crippen molar-refractivity contribution >= 4 is 5.91 Å². The Morgan fingerprint density at radius 3 is 2.50 bits per heavy atom. The van der Waals surface area contributed by atoms with Gasteiger partial charge < -0.3 is 15.8 Å². The summed E-state index contributed by atoms with van der Waals surface area (Å²) in [5.74, 6) is -0.0687. The topological polar surface area (TPSA) is 67.6 Å². The van der Waals surface area contributed by atoms with Gasteiger partial charge >= 0.3 is 0 Å². The molecule has 0 bridgehead atoms. The van der Waals surface area contributed by atoms with Crippen LogP contribution in [0.1, 0.15) is 49.3 Å². The Morgan fingerprint density at radius 1 is 1.19 bits per heavy atom. The quantitative estimate of drug-likeness (QED) is 0.818. The fraction of sp³-hybridized carbons (Fsp3) is 0.667. The molecule has 0 spiro atoms. The van der Waals surface area contributed by atoms with E-state index in [-0.39, 0.29) is 11.3 Å². The van der Waals surface area contributed by atoms with Crippen molar-refractivity contribution in [2.24, 2.45) is 11.1 Å². The van der Waals surface area contributed by atoms with E-state index in [9.17, 15) is 4.79 Å². The predicted molar refractivity (Wildman–Crippen MR) is 104 cm³/mol. The minimum absolute atomic E-state index is 0.0687. The van der Waals surface area contributed by atoms with E-state index in [1.165, 1.54) is 37.7 Å². The molecule has 1 aromatic rings. The minimum Gasteiger partial charge on any atom is -0.379 e. The van der Waals surface area contributed by atoms with E-state index in [0.29, 0.717) is 0 Å². The number of nitrogens with one attached hydrogen (secondary N) is 1. The number of ether oxygens (including phenoxy) is 1. The molecule has 3 rings (SSSR count). The van der Waals surface area contributed by atoms with Gasteiger partial charge in [0.15, 0.2) is 0 Å². The highest BCUT2D eigenvalue weighted by atomic mass is 16.5. The van der Waals surface area contributed by atoms with Gasteiger partial charge in [0.25, 0.3) is 0 Å². The number of nitrogens with zero attached hydrogens (tertiary/aromatic N) is 1. The largest absolute Gasteiger partial charge is 0.379 e. The van der Waals surface area contributed by atoms with Crippen LogP contribution in [0, 0.1) is 12.3 Å². The molecule has 144 valence electrons. The van der Waals surface area contributed by atoms with Gasteiger partial charge in [-0.3, -0.25) is 9.69 Å². The van der Waals surface area contributed by atoms with Crippen molar-refractivity contribution < 1.29 is 9.53 Å². The molecule has 3 N–H and O–H groups in total. The lowest BCUT2D eigenvalue weighted by molar-refractivity contribution is -0.123. The molecule has 1 amide bonds. The SMILES string of the molecule is Cc1ccc(C(N)C(=O)NCC2(CN3CCOCC3)CCCCC2)cc1. The summed E-state index contributed by atoms with van der Waals surface area (Å²) in [6.45, 7) is 7.45. The molecule has 1 atom stereocenters. The third-order valence-corrected chi connectivity index (χ3v) is 5.93. The van der Waals surface area contributed by atoms with E-state index < -0.39 is 6.04 Å². The Hall–Kier alpha value is -1.43. The highest BCUT2D eigenvalue weighted by Crippen LogP contribution is 2.37. The lowest BCUT2D eigenvalue weighted by Gasteiger charge is -2.42. The Bertz CT molecular complexity index is 575. The Labute approximate surface area is 157 Å². The second-order valence-corrected chi connectivity index (χ2v) is 8.06. The van der Waals surface area contributed by atoms with E-state index in [2.05, 4.69) is 10.2 Å². The van der Waals surface area contributed by atoms with Crippen molar-refractivity contribution in [2.45, 2.75) is 45.1 Å². The van der Waals surface area contributed by atoms with Gasteiger partial charge in [-0.15, -0.1) is 0 Å². The average molecular weight is 360 g/mol. The molecule has 1 aliphatic carbocycles. The van der Waals surface area contributed by atoms with Gasteiger partial charge in [-0.25, -0.2) is 0 Å². The molecule has 5 nitrogen and oxygen atoms in total. The highest BCUT2D eigenvalue weighted by Gasteiger charge is 2.35. The number of hydrogen-bond acceptors (Lipinski definition) is 4. The maximum Gasteiger partial charge on any atom is 0.241 e. The zero-order valence-electron chi connectivity index (χ0n) is 16.0. The number of carbonyl (C=O) groups excluding carboxylic acids is 1. The molecule has 2 aliphatic rings. The highest BCUT2D eigenvalue weighted by molar-refractivity contribution is 5.82. The molecular formula is C21H33N3O2. The number of rotatable bonds is 6. The lowest BCUT2D eigenvalue weighted by atomic mass is 9.73. The summed E-state index contributed by atoms with van der Waals surface area (Å²) in [5.41, 5.74) is 8.42. The van der Waals surface area contributed by atoms with E-state index in [4.69, 9.17) is 10.5 Å². The van der Waals surface area contributed by atoms with Crippen LogP contribution in [0.4, 0.5) is 0 Å². The first kappa shape index (κ1) is 19.3. The zero-order chi connectivity index (χ0) is 18.4. The Kier molecular flexibility index (Phi) is 6.68. The monoisotopic (exact) mass is 359 g/mol. The number of morpholine rings is 1. The van der Waals surface area contributed by atoms with Gasteiger partial charge in [0, 0.05) is 31.6 Å². The minimum atomic E-state index is -0.598. The summed E-state index contributed by atoms with van der Waals surface area (Å²) < 4.78 is 5.48. The van der Waals surface area contributed by atoms with Crippen LogP contribution < -0.4 is 11.1 Å². The van der Waals surface area contributed by atoms with Gasteiger partial charge in [0.05, 0.1) is 13.2 Å². The maximum atomic E-state index is 12.6. The number of carbonyl (C=O) groups is 1. The van der Waals surface area contributed by atoms with E-state index in [1.807, 2.05) is 31.2 Å². The van der Waals surface area contributed by atoms with Gasteiger partial charge in [-0.1, -0.05) is 49.1 Å². The first-order valence-electron chi connectivity index (χ1n) is 9.98. The molecule has 2 fully saturated rings. The predicted octanol–water partition coefficient (Wildman–Crippen LogP) is 2.39. The van der Waals surface area contributed by atoms with Crippen LogP contribution in [0.25, 0.3) is 0 Å². The third-order valence-electron chi connectivity index (χ3n) is 5.93. The van der Waals surface area contributed by atoms with Crippen LogP contribution in [0.2, 0.25) is 0 Å². The lowest BCUT2D eigenvalue weighted by Crippen LogP contribution is -2.50. The fourth-order valence-corrected chi connectivity index (χ4v) is 4.24. The van der Waals surface area contributed by atoms with Gasteiger partial charge in [-0.2, -0.15) is 0 Å². The van der Waals surface area contributed by atoms with Gasteiger partial charge in [-0.05, 0) is 25.3 Å². The second-order valence-electron chi connectivity index (χ2n) is 8.06. The van der Waals surface area contributed by atoms with Crippen molar-refractivity contribution in [1.82, 2.24) is 10.2 Å². The number of nitrogens with two attached hydrogens (primary N) is 1. The van der Waals surface area contributed by atoms with Crippen LogP contribution in [-0.2, 0) is 9.53 Å². The molecule has 1 saturated heterocycles. The number of aryl methyl sites for hydroxylation is 1. The molecular weight excluding hydrogens is 326 g/mol. The normalized spacial score (nSPS) is 21.9.